The van der Waals surface area contributed by atoms with Gasteiger partial charge in [0.05, 0.1) is 11.2 Å². The van der Waals surface area contributed by atoms with E-state index in [4.69, 9.17) is 16.0 Å². The predicted molar refractivity (Wildman–Crippen MR) is 120 cm³/mol. The Morgan fingerprint density at radius 2 is 1.86 bits per heavy atom. The van der Waals surface area contributed by atoms with E-state index in [1.54, 1.807) is 6.07 Å². The Hall–Kier alpha value is -2.57. The number of hydrogen-bond donors (Lipinski definition) is 1. The third-order valence-corrected chi connectivity index (χ3v) is 6.02. The summed E-state index contributed by atoms with van der Waals surface area (Å²) in [4.78, 5) is 14.6. The van der Waals surface area contributed by atoms with Gasteiger partial charge in [-0.1, -0.05) is 17.7 Å². The fraction of sp³-hybridized carbons (Fsp3) is 0.182. The molecule has 29 heavy (non-hydrogen) atoms. The third-order valence-electron chi connectivity index (χ3n) is 4.79. The van der Waals surface area contributed by atoms with Crippen LogP contribution in [0.1, 0.15) is 29.0 Å². The summed E-state index contributed by atoms with van der Waals surface area (Å²) < 4.78 is 6.57. The quantitative estimate of drug-likeness (QED) is 0.381. The molecule has 5 nitrogen and oxygen atoms in total. The van der Waals surface area contributed by atoms with Crippen LogP contribution in [0.25, 0.3) is 11.3 Å². The maximum Gasteiger partial charge on any atom is 0.271 e. The van der Waals surface area contributed by atoms with E-state index in [-0.39, 0.29) is 5.91 Å². The molecular formula is C22H19BrClN3O2. The highest BCUT2D eigenvalue weighted by atomic mass is 79.9. The lowest BCUT2D eigenvalue weighted by molar-refractivity contribution is 0.0955. The summed E-state index contributed by atoms with van der Waals surface area (Å²) in [6.45, 7) is 2.15. The Balaban J connectivity index is 1.36. The number of furan rings is 1. The van der Waals surface area contributed by atoms with E-state index in [0.717, 1.165) is 28.8 Å². The van der Waals surface area contributed by atoms with Gasteiger partial charge < -0.3 is 9.32 Å². The van der Waals surface area contributed by atoms with E-state index in [1.165, 1.54) is 19.1 Å². The van der Waals surface area contributed by atoms with Crippen molar-refractivity contribution in [2.45, 2.75) is 12.8 Å². The Kier molecular flexibility index (Phi) is 6.02. The minimum absolute atomic E-state index is 0.263. The van der Waals surface area contributed by atoms with Crippen molar-refractivity contribution in [1.29, 1.82) is 0 Å². The molecule has 1 amide bonds. The zero-order valence-corrected chi connectivity index (χ0v) is 17.9. The molecule has 0 radical (unpaired) electrons. The molecule has 0 saturated carbocycles. The topological polar surface area (TPSA) is 57.8 Å². The summed E-state index contributed by atoms with van der Waals surface area (Å²) in [6.07, 6.45) is 3.92. The predicted octanol–water partition coefficient (Wildman–Crippen LogP) is 5.73. The first kappa shape index (κ1) is 19.7. The van der Waals surface area contributed by atoms with Gasteiger partial charge in [0.15, 0.2) is 0 Å². The third kappa shape index (κ3) is 4.71. The molecule has 0 aliphatic carbocycles. The Morgan fingerprint density at radius 1 is 1.10 bits per heavy atom. The lowest BCUT2D eigenvalue weighted by Crippen LogP contribution is -2.19. The number of carbonyl (C=O) groups is 1. The van der Waals surface area contributed by atoms with Crippen LogP contribution in [-0.4, -0.2) is 25.2 Å². The summed E-state index contributed by atoms with van der Waals surface area (Å²) in [6, 6.07) is 16.8. The van der Waals surface area contributed by atoms with Crippen LogP contribution >= 0.6 is 27.5 Å². The number of nitrogens with zero attached hydrogens (tertiary/aromatic N) is 2. The maximum atomic E-state index is 12.3. The van der Waals surface area contributed by atoms with Gasteiger partial charge in [0, 0.05) is 34.4 Å². The first-order valence-electron chi connectivity index (χ1n) is 9.34. The van der Waals surface area contributed by atoms with Crippen LogP contribution in [0.2, 0.25) is 5.02 Å². The minimum atomic E-state index is -0.263. The van der Waals surface area contributed by atoms with Crippen LogP contribution in [0.3, 0.4) is 0 Å². The van der Waals surface area contributed by atoms with Crippen LogP contribution in [-0.2, 0) is 0 Å². The lowest BCUT2D eigenvalue weighted by Gasteiger charge is -2.17. The van der Waals surface area contributed by atoms with Gasteiger partial charge >= 0.3 is 0 Å². The summed E-state index contributed by atoms with van der Waals surface area (Å²) in [5.41, 5.74) is 5.11. The molecule has 1 fully saturated rings. The molecule has 0 spiro atoms. The average molecular weight is 473 g/mol. The Bertz CT molecular complexity index is 1040. The summed E-state index contributed by atoms with van der Waals surface area (Å²) in [5, 5.41) is 4.60. The van der Waals surface area contributed by atoms with Crippen LogP contribution < -0.4 is 10.3 Å². The number of benzene rings is 2. The number of anilines is 1. The maximum absolute atomic E-state index is 12.3. The molecule has 1 saturated heterocycles. The van der Waals surface area contributed by atoms with E-state index in [9.17, 15) is 4.79 Å². The standard InChI is InChI=1S/C22H19BrClN3O2/c23-19-9-5-16(13-20(19)24)21-10-8-18(29-21)14-25-26-22(28)15-3-6-17(7-4-15)27-11-1-2-12-27/h3-10,13-14H,1-2,11-12H2,(H,26,28)/b25-14-. The van der Waals surface area contributed by atoms with Crippen molar-refractivity contribution in [2.75, 3.05) is 18.0 Å². The fourth-order valence-corrected chi connectivity index (χ4v) is 3.67. The van der Waals surface area contributed by atoms with Crippen molar-refractivity contribution < 1.29 is 9.21 Å². The fourth-order valence-electron chi connectivity index (χ4n) is 3.24. The van der Waals surface area contributed by atoms with E-state index in [2.05, 4.69) is 31.4 Å². The van der Waals surface area contributed by atoms with Crippen LogP contribution in [0.4, 0.5) is 5.69 Å². The monoisotopic (exact) mass is 471 g/mol. The summed E-state index contributed by atoms with van der Waals surface area (Å²) in [7, 11) is 0. The molecule has 1 N–H and O–H groups in total. The SMILES string of the molecule is O=C(N/N=C\c1ccc(-c2ccc(Br)c(Cl)c2)o1)c1ccc(N2CCCC2)cc1. The van der Waals surface area contributed by atoms with E-state index in [0.29, 0.717) is 22.1 Å². The first-order valence-corrected chi connectivity index (χ1v) is 10.5. The highest BCUT2D eigenvalue weighted by Crippen LogP contribution is 2.29. The van der Waals surface area contributed by atoms with Gasteiger partial charge in [-0.05, 0) is 77.3 Å². The molecule has 0 unspecified atom stereocenters. The van der Waals surface area contributed by atoms with E-state index >= 15 is 0 Å². The summed E-state index contributed by atoms with van der Waals surface area (Å²) in [5.74, 6) is 0.939. The molecule has 3 aromatic rings. The minimum Gasteiger partial charge on any atom is -0.455 e. The highest BCUT2D eigenvalue weighted by molar-refractivity contribution is 9.10. The zero-order chi connectivity index (χ0) is 20.2. The number of amides is 1. The molecule has 148 valence electrons. The average Bonchev–Trinajstić information content (AvgIpc) is 3.42. The van der Waals surface area contributed by atoms with Gasteiger partial charge in [-0.3, -0.25) is 4.79 Å². The smallest absolute Gasteiger partial charge is 0.271 e. The van der Waals surface area contributed by atoms with E-state index < -0.39 is 0 Å². The largest absolute Gasteiger partial charge is 0.455 e. The number of hydrogen-bond acceptors (Lipinski definition) is 4. The van der Waals surface area contributed by atoms with Crippen molar-refractivity contribution >= 4 is 45.3 Å². The van der Waals surface area contributed by atoms with Crippen LogP contribution in [0, 0.1) is 0 Å². The van der Waals surface area contributed by atoms with E-state index in [1.807, 2.05) is 48.5 Å². The first-order chi connectivity index (χ1) is 14.1. The van der Waals surface area contributed by atoms with Gasteiger partial charge in [0.1, 0.15) is 11.5 Å². The van der Waals surface area contributed by atoms with Crippen molar-refractivity contribution in [1.82, 2.24) is 5.43 Å². The second kappa shape index (κ2) is 8.84. The van der Waals surface area contributed by atoms with Gasteiger partial charge in [0.2, 0.25) is 0 Å². The number of nitrogens with one attached hydrogen (secondary N) is 1. The number of hydrazone groups is 1. The Morgan fingerprint density at radius 3 is 2.59 bits per heavy atom. The zero-order valence-electron chi connectivity index (χ0n) is 15.6. The Labute approximate surface area is 182 Å². The molecule has 1 aliphatic heterocycles. The second-order valence-corrected chi connectivity index (χ2v) is 8.03. The molecule has 1 aromatic heterocycles. The molecular weight excluding hydrogens is 454 g/mol. The van der Waals surface area contributed by atoms with Gasteiger partial charge in [-0.15, -0.1) is 0 Å². The lowest BCUT2D eigenvalue weighted by atomic mass is 10.2. The molecule has 2 heterocycles. The van der Waals surface area contributed by atoms with Crippen molar-refractivity contribution in [3.8, 4) is 11.3 Å². The normalized spacial score (nSPS) is 13.9. The van der Waals surface area contributed by atoms with Crippen LogP contribution in [0.15, 0.2) is 68.6 Å². The van der Waals surface area contributed by atoms with Gasteiger partial charge in [0.25, 0.3) is 5.91 Å². The molecule has 0 atom stereocenters. The van der Waals surface area contributed by atoms with Crippen molar-refractivity contribution in [3.63, 3.8) is 0 Å². The molecule has 1 aliphatic rings. The van der Waals surface area contributed by atoms with Crippen molar-refractivity contribution in [3.05, 3.63) is 75.4 Å². The number of halogens is 2. The molecule has 4 rings (SSSR count). The van der Waals surface area contributed by atoms with Crippen molar-refractivity contribution in [2.24, 2.45) is 5.10 Å². The molecule has 7 heteroatoms. The highest BCUT2D eigenvalue weighted by Gasteiger charge is 2.13. The molecule has 0 bridgehead atoms. The number of carbonyl (C=O) groups excluding carboxylic acids is 1. The number of rotatable bonds is 5. The van der Waals surface area contributed by atoms with Gasteiger partial charge in [-0.25, -0.2) is 5.43 Å². The van der Waals surface area contributed by atoms with Crippen LogP contribution in [0.5, 0.6) is 0 Å². The van der Waals surface area contributed by atoms with Gasteiger partial charge in [-0.2, -0.15) is 5.10 Å². The second-order valence-electron chi connectivity index (χ2n) is 6.77. The molecule has 2 aromatic carbocycles. The summed E-state index contributed by atoms with van der Waals surface area (Å²) >= 11 is 9.50.